The first-order valence-corrected chi connectivity index (χ1v) is 10.5. The van der Waals surface area contributed by atoms with Crippen molar-refractivity contribution in [2.24, 2.45) is 0 Å². The summed E-state index contributed by atoms with van der Waals surface area (Å²) in [5, 5.41) is 13.6. The minimum atomic E-state index is -0.456. The van der Waals surface area contributed by atoms with Crippen LogP contribution in [0.1, 0.15) is 30.5 Å². The molecule has 1 N–H and O–H groups in total. The topological polar surface area (TPSA) is 111 Å². The number of nitrogens with one attached hydrogen (secondary N) is 1. The Balaban J connectivity index is 1.95. The van der Waals surface area contributed by atoms with Crippen molar-refractivity contribution in [1.82, 2.24) is 10.2 Å². The zero-order valence-corrected chi connectivity index (χ0v) is 18.5. The smallest absolute Gasteiger partial charge is 0.328 e. The molecule has 2 aromatic rings. The summed E-state index contributed by atoms with van der Waals surface area (Å²) in [4.78, 5) is 36.1. The van der Waals surface area contributed by atoms with Gasteiger partial charge in [0.1, 0.15) is 12.3 Å². The second-order valence-corrected chi connectivity index (χ2v) is 7.19. The number of nitro benzene ring substituents is 1. The quantitative estimate of drug-likeness (QED) is 0.190. The number of amides is 3. The van der Waals surface area contributed by atoms with E-state index < -0.39 is 16.9 Å². The molecule has 0 radical (unpaired) electrons. The van der Waals surface area contributed by atoms with E-state index in [1.807, 2.05) is 13.0 Å². The van der Waals surface area contributed by atoms with Crippen LogP contribution < -0.4 is 14.8 Å². The Morgan fingerprint density at radius 1 is 1.18 bits per heavy atom. The van der Waals surface area contributed by atoms with E-state index in [4.69, 9.17) is 9.47 Å². The van der Waals surface area contributed by atoms with Crippen LogP contribution in [0.15, 0.2) is 54.8 Å². The highest BCUT2D eigenvalue weighted by atomic mass is 16.6. The van der Waals surface area contributed by atoms with Crippen LogP contribution >= 0.6 is 0 Å². The molecule has 0 spiro atoms. The SMILES string of the molecule is C=CCc1cc(/C=C2/NC(=O)N(CC)C2=O)cc(OCC)c1OCc1cccc([N+](=O)[O-])c1. The molecule has 9 nitrogen and oxygen atoms in total. The Hall–Kier alpha value is -4.14. The zero-order valence-electron chi connectivity index (χ0n) is 18.5. The maximum absolute atomic E-state index is 12.4. The van der Waals surface area contributed by atoms with Crippen molar-refractivity contribution in [3.05, 3.63) is 81.6 Å². The van der Waals surface area contributed by atoms with E-state index in [-0.39, 0.29) is 24.5 Å². The first kappa shape index (κ1) is 23.5. The number of likely N-dealkylation sites (N-methyl/N-ethyl adjacent to an activating group) is 1. The molecule has 2 aromatic carbocycles. The van der Waals surface area contributed by atoms with Gasteiger partial charge in [-0.1, -0.05) is 18.2 Å². The molecule has 1 heterocycles. The van der Waals surface area contributed by atoms with Crippen LogP contribution in [0.5, 0.6) is 11.5 Å². The van der Waals surface area contributed by atoms with Crippen molar-refractivity contribution in [2.75, 3.05) is 13.2 Å². The monoisotopic (exact) mass is 451 g/mol. The van der Waals surface area contributed by atoms with E-state index in [1.54, 1.807) is 37.3 Å². The molecule has 0 aromatic heterocycles. The molecule has 1 fully saturated rings. The summed E-state index contributed by atoms with van der Waals surface area (Å²) in [7, 11) is 0. The van der Waals surface area contributed by atoms with Crippen molar-refractivity contribution in [3.8, 4) is 11.5 Å². The van der Waals surface area contributed by atoms with E-state index >= 15 is 0 Å². The number of ether oxygens (including phenoxy) is 2. The molecular formula is C24H25N3O6. The number of allylic oxidation sites excluding steroid dienone is 1. The summed E-state index contributed by atoms with van der Waals surface area (Å²) in [5.41, 5.74) is 2.22. The van der Waals surface area contributed by atoms with Gasteiger partial charge in [-0.3, -0.25) is 19.8 Å². The number of imide groups is 1. The van der Waals surface area contributed by atoms with E-state index in [0.717, 1.165) is 10.5 Å². The second-order valence-electron chi connectivity index (χ2n) is 7.19. The predicted molar refractivity (Wildman–Crippen MR) is 123 cm³/mol. The number of hydrogen-bond acceptors (Lipinski definition) is 6. The van der Waals surface area contributed by atoms with Gasteiger partial charge < -0.3 is 14.8 Å². The van der Waals surface area contributed by atoms with Gasteiger partial charge in [-0.15, -0.1) is 6.58 Å². The standard InChI is InChI=1S/C24H25N3O6/c1-4-8-18-11-17(13-20-23(28)26(5-2)24(29)25-20)14-21(32-6-3)22(18)33-15-16-9-7-10-19(12-16)27(30)31/h4,7,9-14H,1,5-6,8,15H2,2-3H3,(H,25,29)/b20-13+. The summed E-state index contributed by atoms with van der Waals surface area (Å²) >= 11 is 0. The van der Waals surface area contributed by atoms with Crippen LogP contribution in [0, 0.1) is 10.1 Å². The summed E-state index contributed by atoms with van der Waals surface area (Å²) < 4.78 is 11.8. The highest BCUT2D eigenvalue weighted by Gasteiger charge is 2.32. The first-order chi connectivity index (χ1) is 15.9. The Bertz CT molecular complexity index is 1130. The molecule has 0 bridgehead atoms. The van der Waals surface area contributed by atoms with Gasteiger partial charge in [-0.2, -0.15) is 0 Å². The highest BCUT2D eigenvalue weighted by molar-refractivity contribution is 6.13. The van der Waals surface area contributed by atoms with Crippen molar-refractivity contribution in [1.29, 1.82) is 0 Å². The molecule has 1 aliphatic heterocycles. The molecule has 3 amide bonds. The maximum Gasteiger partial charge on any atom is 0.328 e. The molecule has 33 heavy (non-hydrogen) atoms. The lowest BCUT2D eigenvalue weighted by Crippen LogP contribution is -2.30. The normalized spacial score (nSPS) is 14.4. The molecule has 1 aliphatic rings. The summed E-state index contributed by atoms with van der Waals surface area (Å²) in [6.45, 7) is 8.11. The van der Waals surface area contributed by atoms with Gasteiger partial charge in [-0.25, -0.2) is 4.79 Å². The Kier molecular flexibility index (Phi) is 7.45. The van der Waals surface area contributed by atoms with Crippen LogP contribution in [-0.2, 0) is 17.8 Å². The molecule has 0 atom stereocenters. The van der Waals surface area contributed by atoms with Crippen molar-refractivity contribution < 1.29 is 24.0 Å². The number of urea groups is 1. The Labute approximate surface area is 191 Å². The van der Waals surface area contributed by atoms with Crippen molar-refractivity contribution >= 4 is 23.7 Å². The lowest BCUT2D eigenvalue weighted by atomic mass is 10.0. The van der Waals surface area contributed by atoms with Crippen LogP contribution in [0.25, 0.3) is 6.08 Å². The molecule has 0 aliphatic carbocycles. The lowest BCUT2D eigenvalue weighted by Gasteiger charge is -2.17. The summed E-state index contributed by atoms with van der Waals surface area (Å²) in [6, 6.07) is 9.32. The van der Waals surface area contributed by atoms with Crippen LogP contribution in [0.4, 0.5) is 10.5 Å². The third-order valence-corrected chi connectivity index (χ3v) is 4.91. The van der Waals surface area contributed by atoms with E-state index in [0.29, 0.717) is 35.7 Å². The number of hydrogen-bond donors (Lipinski definition) is 1. The molecule has 0 saturated carbocycles. The molecule has 9 heteroatoms. The van der Waals surface area contributed by atoms with E-state index in [1.165, 1.54) is 12.1 Å². The average Bonchev–Trinajstić information content (AvgIpc) is 3.05. The maximum atomic E-state index is 12.4. The number of nitro groups is 1. The van der Waals surface area contributed by atoms with E-state index in [2.05, 4.69) is 11.9 Å². The first-order valence-electron chi connectivity index (χ1n) is 10.5. The fourth-order valence-electron chi connectivity index (χ4n) is 3.44. The number of benzene rings is 2. The van der Waals surface area contributed by atoms with Crippen molar-refractivity contribution in [2.45, 2.75) is 26.9 Å². The van der Waals surface area contributed by atoms with E-state index in [9.17, 15) is 19.7 Å². The van der Waals surface area contributed by atoms with Crippen LogP contribution in [-0.4, -0.2) is 34.9 Å². The number of nitrogens with zero attached hydrogens (tertiary/aromatic N) is 2. The van der Waals surface area contributed by atoms with Gasteiger partial charge >= 0.3 is 6.03 Å². The number of carbonyl (C=O) groups is 2. The van der Waals surface area contributed by atoms with Gasteiger partial charge in [0.25, 0.3) is 11.6 Å². The lowest BCUT2D eigenvalue weighted by molar-refractivity contribution is -0.384. The highest BCUT2D eigenvalue weighted by Crippen LogP contribution is 2.35. The second kappa shape index (κ2) is 10.4. The van der Waals surface area contributed by atoms with Gasteiger partial charge in [0.2, 0.25) is 0 Å². The van der Waals surface area contributed by atoms with Crippen LogP contribution in [0.2, 0.25) is 0 Å². The van der Waals surface area contributed by atoms with Gasteiger partial charge in [0, 0.05) is 24.2 Å². The number of rotatable bonds is 10. The molecule has 1 saturated heterocycles. The predicted octanol–water partition coefficient (Wildman–Crippen LogP) is 4.21. The largest absolute Gasteiger partial charge is 0.490 e. The average molecular weight is 451 g/mol. The fourth-order valence-corrected chi connectivity index (χ4v) is 3.44. The molecule has 172 valence electrons. The molecule has 0 unspecified atom stereocenters. The number of non-ortho nitro benzene ring substituents is 1. The Morgan fingerprint density at radius 2 is 1.97 bits per heavy atom. The van der Waals surface area contributed by atoms with Crippen molar-refractivity contribution in [3.63, 3.8) is 0 Å². The third-order valence-electron chi connectivity index (χ3n) is 4.91. The molecule has 3 rings (SSSR count). The van der Waals surface area contributed by atoms with Gasteiger partial charge in [0.05, 0.1) is 11.5 Å². The third kappa shape index (κ3) is 5.38. The minimum absolute atomic E-state index is 0.0150. The zero-order chi connectivity index (χ0) is 24.0. The minimum Gasteiger partial charge on any atom is -0.490 e. The Morgan fingerprint density at radius 3 is 2.61 bits per heavy atom. The summed E-state index contributed by atoms with van der Waals surface area (Å²) in [5.74, 6) is 0.553. The van der Waals surface area contributed by atoms with Gasteiger partial charge in [-0.05, 0) is 49.6 Å². The summed E-state index contributed by atoms with van der Waals surface area (Å²) in [6.07, 6.45) is 3.77. The van der Waals surface area contributed by atoms with Crippen LogP contribution in [0.3, 0.4) is 0 Å². The number of carbonyl (C=O) groups excluding carboxylic acids is 2. The van der Waals surface area contributed by atoms with Gasteiger partial charge in [0.15, 0.2) is 11.5 Å². The molecular weight excluding hydrogens is 426 g/mol. The fraction of sp³-hybridized carbons (Fsp3) is 0.250.